The van der Waals surface area contributed by atoms with Crippen LogP contribution in [0.3, 0.4) is 0 Å². The number of ketones is 1. The van der Waals surface area contributed by atoms with Gasteiger partial charge in [-0.2, -0.15) is 0 Å². The molecule has 6 heteroatoms. The molecule has 1 atom stereocenters. The number of halogens is 1. The molecule has 3 rings (SSSR count). The van der Waals surface area contributed by atoms with Crippen molar-refractivity contribution in [3.8, 4) is 0 Å². The summed E-state index contributed by atoms with van der Waals surface area (Å²) in [6, 6.07) is 13.6. The molecule has 0 N–H and O–H groups in total. The number of benzene rings is 2. The Bertz CT molecular complexity index is 1080. The average molecular weight is 448 g/mol. The first kappa shape index (κ1) is 19.8. The molecule has 4 nitrogen and oxygen atoms in total. The van der Waals surface area contributed by atoms with Gasteiger partial charge in [-0.1, -0.05) is 47.5 Å². The van der Waals surface area contributed by atoms with E-state index in [0.29, 0.717) is 17.0 Å². The van der Waals surface area contributed by atoms with Gasteiger partial charge in [0.05, 0.1) is 15.2 Å². The molecule has 1 aromatic heterocycles. The number of carbonyl (C=O) groups is 1. The molecule has 0 radical (unpaired) electrons. The lowest BCUT2D eigenvalue weighted by Gasteiger charge is -2.12. The molecule has 0 aliphatic rings. The molecule has 0 aliphatic carbocycles. The van der Waals surface area contributed by atoms with Crippen molar-refractivity contribution in [2.75, 3.05) is 0 Å². The summed E-state index contributed by atoms with van der Waals surface area (Å²) < 4.78 is 27.2. The summed E-state index contributed by atoms with van der Waals surface area (Å²) in [7, 11) is -3.68. The van der Waals surface area contributed by atoms with Crippen LogP contribution >= 0.6 is 15.9 Å². The summed E-state index contributed by atoms with van der Waals surface area (Å²) >= 11 is 3.47. The second kappa shape index (κ2) is 7.60. The summed E-state index contributed by atoms with van der Waals surface area (Å²) in [4.78, 5) is 12.6. The van der Waals surface area contributed by atoms with Crippen molar-refractivity contribution >= 4 is 42.6 Å². The molecule has 0 saturated heterocycles. The fourth-order valence-electron chi connectivity index (χ4n) is 3.01. The monoisotopic (exact) mass is 447 g/mol. The van der Waals surface area contributed by atoms with Crippen LogP contribution in [0.5, 0.6) is 0 Å². The van der Waals surface area contributed by atoms with Gasteiger partial charge >= 0.3 is 0 Å². The Balaban J connectivity index is 1.99. The van der Waals surface area contributed by atoms with Crippen molar-refractivity contribution < 1.29 is 13.2 Å². The second-order valence-electron chi connectivity index (χ2n) is 7.16. The van der Waals surface area contributed by atoms with E-state index in [2.05, 4.69) is 29.8 Å². The highest BCUT2D eigenvalue weighted by atomic mass is 79.9. The molecule has 0 bridgehead atoms. The van der Waals surface area contributed by atoms with Gasteiger partial charge in [0.1, 0.15) is 0 Å². The number of nitrogens with zero attached hydrogens (tertiary/aromatic N) is 1. The van der Waals surface area contributed by atoms with Crippen LogP contribution in [0.2, 0.25) is 0 Å². The third kappa shape index (κ3) is 4.01. The third-order valence-corrected chi connectivity index (χ3v) is 6.97. The summed E-state index contributed by atoms with van der Waals surface area (Å²) in [5.41, 5.74) is 2.14. The molecule has 27 heavy (non-hydrogen) atoms. The smallest absolute Gasteiger partial charge is 0.268 e. The summed E-state index contributed by atoms with van der Waals surface area (Å²) in [5, 5.41) is 0.723. The number of aryl methyl sites for hydroxylation is 1. The first-order chi connectivity index (χ1) is 12.7. The first-order valence-corrected chi connectivity index (χ1v) is 11.2. The number of carbonyl (C=O) groups excluding carboxylic acids is 1. The molecule has 0 amide bonds. The van der Waals surface area contributed by atoms with Gasteiger partial charge in [-0.05, 0) is 55.7 Å². The van der Waals surface area contributed by atoms with Crippen LogP contribution in [0.25, 0.3) is 10.9 Å². The largest absolute Gasteiger partial charge is 0.293 e. The normalized spacial score (nSPS) is 13.2. The van der Waals surface area contributed by atoms with Crippen molar-refractivity contribution in [1.82, 2.24) is 3.97 Å². The predicted molar refractivity (Wildman–Crippen MR) is 112 cm³/mol. The minimum absolute atomic E-state index is 0.0136. The topological polar surface area (TPSA) is 56.1 Å². The lowest BCUT2D eigenvalue weighted by atomic mass is 10.0. The van der Waals surface area contributed by atoms with E-state index < -0.39 is 10.0 Å². The quantitative estimate of drug-likeness (QED) is 0.386. The number of Topliss-reactive ketones (excluding diaryl/α,β-unsaturated/α-hetero) is 1. The zero-order valence-electron chi connectivity index (χ0n) is 15.5. The Kier molecular flexibility index (Phi) is 5.58. The van der Waals surface area contributed by atoms with E-state index in [1.165, 1.54) is 10.2 Å². The number of hydrogen-bond donors (Lipinski definition) is 0. The highest BCUT2D eigenvalue weighted by Gasteiger charge is 2.21. The van der Waals surface area contributed by atoms with Crippen LogP contribution < -0.4 is 0 Å². The van der Waals surface area contributed by atoms with Crippen LogP contribution in [-0.4, -0.2) is 23.0 Å². The molecule has 2 aromatic carbocycles. The van der Waals surface area contributed by atoms with Crippen LogP contribution in [0.15, 0.2) is 59.6 Å². The van der Waals surface area contributed by atoms with Gasteiger partial charge in [-0.15, -0.1) is 0 Å². The fourth-order valence-corrected chi connectivity index (χ4v) is 5.37. The maximum Gasteiger partial charge on any atom is 0.268 e. The van der Waals surface area contributed by atoms with Crippen molar-refractivity contribution in [2.45, 2.75) is 36.9 Å². The molecule has 0 fully saturated rings. The SMILES string of the molecule is Cc1ccc(S(=O)(=O)n2ccc3cc(C(=O)C(Br)CC(C)C)ccc32)cc1. The van der Waals surface area contributed by atoms with Crippen molar-refractivity contribution in [1.29, 1.82) is 0 Å². The minimum Gasteiger partial charge on any atom is -0.293 e. The predicted octanol–water partition coefficient (Wildman–Crippen LogP) is 5.18. The van der Waals surface area contributed by atoms with E-state index in [1.807, 2.05) is 6.92 Å². The van der Waals surface area contributed by atoms with Crippen molar-refractivity contribution in [3.05, 3.63) is 65.9 Å². The van der Waals surface area contributed by atoms with Gasteiger partial charge in [0, 0.05) is 17.1 Å². The molecule has 0 aliphatic heterocycles. The fraction of sp³-hybridized carbons (Fsp3) is 0.286. The van der Waals surface area contributed by atoms with Gasteiger partial charge in [0.25, 0.3) is 10.0 Å². The Morgan fingerprint density at radius 2 is 1.74 bits per heavy atom. The number of rotatable bonds is 6. The van der Waals surface area contributed by atoms with Gasteiger partial charge in [-0.3, -0.25) is 4.79 Å². The molecular formula is C21H22BrNO3S. The number of fused-ring (bicyclic) bond motifs is 1. The van der Waals surface area contributed by atoms with E-state index in [9.17, 15) is 13.2 Å². The third-order valence-electron chi connectivity index (χ3n) is 4.48. The van der Waals surface area contributed by atoms with Gasteiger partial charge in [0.2, 0.25) is 0 Å². The van der Waals surface area contributed by atoms with E-state index in [-0.39, 0.29) is 15.5 Å². The summed E-state index contributed by atoms with van der Waals surface area (Å²) in [5.74, 6) is 0.419. The zero-order valence-corrected chi connectivity index (χ0v) is 17.9. The summed E-state index contributed by atoms with van der Waals surface area (Å²) in [6.45, 7) is 6.05. The molecule has 1 unspecified atom stereocenters. The van der Waals surface area contributed by atoms with E-state index >= 15 is 0 Å². The molecule has 3 aromatic rings. The van der Waals surface area contributed by atoms with Crippen LogP contribution in [0.4, 0.5) is 0 Å². The summed E-state index contributed by atoms with van der Waals surface area (Å²) in [6.07, 6.45) is 2.29. The van der Waals surface area contributed by atoms with Crippen LogP contribution in [0.1, 0.15) is 36.2 Å². The van der Waals surface area contributed by atoms with E-state index in [4.69, 9.17) is 0 Å². The lowest BCUT2D eigenvalue weighted by molar-refractivity contribution is 0.0984. The van der Waals surface area contributed by atoms with Gasteiger partial charge in [-0.25, -0.2) is 12.4 Å². The van der Waals surface area contributed by atoms with Crippen molar-refractivity contribution in [2.24, 2.45) is 5.92 Å². The number of hydrogen-bond acceptors (Lipinski definition) is 3. The van der Waals surface area contributed by atoms with E-state index in [1.54, 1.807) is 48.5 Å². The Hall–Kier alpha value is -1.92. The van der Waals surface area contributed by atoms with E-state index in [0.717, 1.165) is 17.4 Å². The number of alkyl halides is 1. The van der Waals surface area contributed by atoms with Crippen LogP contribution in [-0.2, 0) is 10.0 Å². The highest BCUT2D eigenvalue weighted by Crippen LogP contribution is 2.25. The maximum absolute atomic E-state index is 13.0. The highest BCUT2D eigenvalue weighted by molar-refractivity contribution is 9.10. The maximum atomic E-state index is 13.0. The second-order valence-corrected chi connectivity index (χ2v) is 10.1. The van der Waals surface area contributed by atoms with Crippen molar-refractivity contribution in [3.63, 3.8) is 0 Å². The van der Waals surface area contributed by atoms with Gasteiger partial charge < -0.3 is 0 Å². The molecule has 1 heterocycles. The molecular weight excluding hydrogens is 426 g/mol. The average Bonchev–Trinajstić information content (AvgIpc) is 3.04. The Labute approximate surface area is 168 Å². The van der Waals surface area contributed by atoms with Crippen LogP contribution in [0, 0.1) is 12.8 Å². The standard InChI is InChI=1S/C21H22BrNO3S/c1-14(2)12-19(22)21(24)17-6-9-20-16(13-17)10-11-23(20)27(25,26)18-7-4-15(3)5-8-18/h4-11,13-14,19H,12H2,1-3H3. The lowest BCUT2D eigenvalue weighted by Crippen LogP contribution is -2.16. The molecule has 0 spiro atoms. The first-order valence-electron chi connectivity index (χ1n) is 8.82. The van der Waals surface area contributed by atoms with Gasteiger partial charge in [0.15, 0.2) is 5.78 Å². The minimum atomic E-state index is -3.68. The Morgan fingerprint density at radius 3 is 2.37 bits per heavy atom. The zero-order chi connectivity index (χ0) is 19.8. The number of aromatic nitrogens is 1. The molecule has 142 valence electrons. The Morgan fingerprint density at radius 1 is 1.07 bits per heavy atom. The molecule has 0 saturated carbocycles.